The lowest BCUT2D eigenvalue weighted by Crippen LogP contribution is -2.39. The first-order chi connectivity index (χ1) is 11.5. The van der Waals surface area contributed by atoms with Gasteiger partial charge in [0, 0.05) is 16.5 Å². The van der Waals surface area contributed by atoms with Crippen LogP contribution in [0.5, 0.6) is 0 Å². The molecule has 0 heterocycles. The fraction of sp³-hybridized carbons (Fsp3) is 0.353. The van der Waals surface area contributed by atoms with E-state index in [9.17, 15) is 9.59 Å². The van der Waals surface area contributed by atoms with Crippen LogP contribution < -0.4 is 10.6 Å². The van der Waals surface area contributed by atoms with Crippen LogP contribution in [-0.2, 0) is 9.59 Å². The molecule has 0 aliphatic heterocycles. The van der Waals surface area contributed by atoms with Crippen molar-refractivity contribution >= 4 is 56.9 Å². The molecule has 1 aromatic rings. The lowest BCUT2D eigenvalue weighted by Gasteiger charge is -2.21. The minimum atomic E-state index is -1.01. The number of carbonyl (C=O) groups is 2. The van der Waals surface area contributed by atoms with Gasteiger partial charge in [-0.1, -0.05) is 25.3 Å². The number of aliphatic carboxylic acids is 1. The van der Waals surface area contributed by atoms with E-state index in [0.29, 0.717) is 11.3 Å². The average molecular weight is 411 g/mol. The average Bonchev–Trinajstić information content (AvgIpc) is 2.56. The van der Waals surface area contributed by atoms with E-state index in [4.69, 9.17) is 17.3 Å². The fourth-order valence-corrected chi connectivity index (χ4v) is 3.20. The zero-order valence-corrected chi connectivity index (χ0v) is 15.5. The van der Waals surface area contributed by atoms with E-state index in [1.165, 1.54) is 12.5 Å². The van der Waals surface area contributed by atoms with Crippen molar-refractivity contribution in [3.63, 3.8) is 0 Å². The highest BCUT2D eigenvalue weighted by Crippen LogP contribution is 2.25. The van der Waals surface area contributed by atoms with Crippen LogP contribution in [0, 0.1) is 5.92 Å². The molecule has 1 fully saturated rings. The Hall–Kier alpha value is -1.73. The highest BCUT2D eigenvalue weighted by atomic mass is 79.9. The van der Waals surface area contributed by atoms with Gasteiger partial charge in [-0.25, -0.2) is 4.79 Å². The molecule has 0 saturated heterocycles. The molecule has 1 aliphatic carbocycles. The number of carboxylic acids is 1. The Labute approximate surface area is 154 Å². The Kier molecular flexibility index (Phi) is 6.93. The maximum Gasteiger partial charge on any atom is 0.328 e. The van der Waals surface area contributed by atoms with Gasteiger partial charge in [-0.15, -0.1) is 0 Å². The molecule has 3 N–H and O–H groups in total. The third-order valence-corrected chi connectivity index (χ3v) is 4.77. The van der Waals surface area contributed by atoms with Crippen molar-refractivity contribution in [1.29, 1.82) is 0 Å². The predicted molar refractivity (Wildman–Crippen MR) is 102 cm³/mol. The van der Waals surface area contributed by atoms with Gasteiger partial charge in [0.15, 0.2) is 5.11 Å². The summed E-state index contributed by atoms with van der Waals surface area (Å²) in [5, 5.41) is 14.7. The van der Waals surface area contributed by atoms with Gasteiger partial charge in [0.25, 0.3) is 0 Å². The van der Waals surface area contributed by atoms with Gasteiger partial charge >= 0.3 is 5.97 Å². The summed E-state index contributed by atoms with van der Waals surface area (Å²) in [6, 6.07) is 5.32. The molecule has 2 rings (SSSR count). The van der Waals surface area contributed by atoms with Crippen molar-refractivity contribution in [2.75, 3.05) is 5.32 Å². The standard InChI is InChI=1S/C17H19BrN2O3S/c18-13-8-6-11(7-9-15(21)22)10-14(13)19-17(24)20-16(23)12-4-2-1-3-5-12/h6-10,12H,1-5H2,(H,21,22)(H2,19,20,23,24)/b9-7+. The monoisotopic (exact) mass is 410 g/mol. The van der Waals surface area contributed by atoms with Crippen molar-refractivity contribution in [3.05, 3.63) is 34.3 Å². The third kappa shape index (κ3) is 5.72. The molecule has 128 valence electrons. The SMILES string of the molecule is O=C(O)/C=C/c1ccc(Br)c(NC(=S)NC(=O)C2CCCCC2)c1. The summed E-state index contributed by atoms with van der Waals surface area (Å²) in [6.45, 7) is 0. The topological polar surface area (TPSA) is 78.4 Å². The molecule has 1 aliphatic rings. The summed E-state index contributed by atoms with van der Waals surface area (Å²) in [6.07, 6.45) is 7.74. The Bertz CT molecular complexity index is 670. The van der Waals surface area contributed by atoms with E-state index in [1.54, 1.807) is 18.2 Å². The molecule has 0 unspecified atom stereocenters. The summed E-state index contributed by atoms with van der Waals surface area (Å²) in [4.78, 5) is 22.8. The van der Waals surface area contributed by atoms with Gasteiger partial charge < -0.3 is 15.7 Å². The number of anilines is 1. The number of carbonyl (C=O) groups excluding carboxylic acids is 1. The zero-order chi connectivity index (χ0) is 17.5. The number of carboxylic acid groups (broad SMARTS) is 1. The van der Waals surface area contributed by atoms with Crippen LogP contribution in [0.4, 0.5) is 5.69 Å². The van der Waals surface area contributed by atoms with E-state index in [1.807, 2.05) is 0 Å². The number of benzene rings is 1. The van der Waals surface area contributed by atoms with Crippen molar-refractivity contribution in [2.24, 2.45) is 5.92 Å². The Morgan fingerprint density at radius 3 is 2.62 bits per heavy atom. The van der Waals surface area contributed by atoms with Gasteiger partial charge in [-0.3, -0.25) is 4.79 Å². The largest absolute Gasteiger partial charge is 0.478 e. The Morgan fingerprint density at radius 2 is 1.96 bits per heavy atom. The molecule has 24 heavy (non-hydrogen) atoms. The van der Waals surface area contributed by atoms with Crippen molar-refractivity contribution in [2.45, 2.75) is 32.1 Å². The summed E-state index contributed by atoms with van der Waals surface area (Å²) in [5.74, 6) is -1.01. The number of thiocarbonyl (C=S) groups is 1. The molecule has 0 bridgehead atoms. The van der Waals surface area contributed by atoms with E-state index < -0.39 is 5.97 Å². The minimum absolute atomic E-state index is 0.0341. The summed E-state index contributed by atoms with van der Waals surface area (Å²) >= 11 is 8.62. The quantitative estimate of drug-likeness (QED) is 0.517. The van der Waals surface area contributed by atoms with Crippen LogP contribution in [0.15, 0.2) is 28.7 Å². The van der Waals surface area contributed by atoms with Gasteiger partial charge in [-0.05, 0) is 64.8 Å². The Morgan fingerprint density at radius 1 is 1.25 bits per heavy atom. The van der Waals surface area contributed by atoms with E-state index >= 15 is 0 Å². The van der Waals surface area contributed by atoms with Crippen LogP contribution in [0.1, 0.15) is 37.7 Å². The first-order valence-electron chi connectivity index (χ1n) is 7.78. The normalized spacial score (nSPS) is 15.2. The molecule has 1 saturated carbocycles. The van der Waals surface area contributed by atoms with Crippen molar-refractivity contribution < 1.29 is 14.7 Å². The van der Waals surface area contributed by atoms with Crippen LogP contribution in [0.3, 0.4) is 0 Å². The number of amides is 1. The summed E-state index contributed by atoms with van der Waals surface area (Å²) < 4.78 is 0.768. The molecule has 5 nitrogen and oxygen atoms in total. The lowest BCUT2D eigenvalue weighted by atomic mass is 9.89. The Balaban J connectivity index is 1.98. The smallest absolute Gasteiger partial charge is 0.328 e. The molecule has 0 spiro atoms. The first kappa shape index (κ1) is 18.6. The molecular weight excluding hydrogens is 392 g/mol. The maximum absolute atomic E-state index is 12.2. The van der Waals surface area contributed by atoms with Gasteiger partial charge in [-0.2, -0.15) is 0 Å². The number of hydrogen-bond acceptors (Lipinski definition) is 3. The second-order valence-electron chi connectivity index (χ2n) is 5.69. The number of nitrogens with one attached hydrogen (secondary N) is 2. The number of hydrogen-bond donors (Lipinski definition) is 3. The summed E-state index contributed by atoms with van der Waals surface area (Å²) in [7, 11) is 0. The molecule has 1 aromatic carbocycles. The number of rotatable bonds is 4. The highest BCUT2D eigenvalue weighted by Gasteiger charge is 2.21. The van der Waals surface area contributed by atoms with Crippen LogP contribution >= 0.6 is 28.1 Å². The fourth-order valence-electron chi connectivity index (χ4n) is 2.64. The molecule has 0 aromatic heterocycles. The maximum atomic E-state index is 12.2. The van der Waals surface area contributed by atoms with Crippen molar-refractivity contribution in [3.8, 4) is 0 Å². The summed E-state index contributed by atoms with van der Waals surface area (Å²) in [5.41, 5.74) is 1.38. The van der Waals surface area contributed by atoms with E-state index in [0.717, 1.165) is 36.2 Å². The van der Waals surface area contributed by atoms with Crippen molar-refractivity contribution in [1.82, 2.24) is 5.32 Å². The van der Waals surface area contributed by atoms with Gasteiger partial charge in [0.1, 0.15) is 0 Å². The minimum Gasteiger partial charge on any atom is -0.478 e. The molecule has 0 radical (unpaired) electrons. The second-order valence-corrected chi connectivity index (χ2v) is 6.95. The molecular formula is C17H19BrN2O3S. The van der Waals surface area contributed by atoms with E-state index in [-0.39, 0.29) is 16.9 Å². The molecule has 0 atom stereocenters. The molecule has 7 heteroatoms. The van der Waals surface area contributed by atoms with Crippen LogP contribution in [0.2, 0.25) is 0 Å². The first-order valence-corrected chi connectivity index (χ1v) is 8.98. The van der Waals surface area contributed by atoms with Crippen LogP contribution in [-0.4, -0.2) is 22.1 Å². The van der Waals surface area contributed by atoms with Gasteiger partial charge in [0.2, 0.25) is 5.91 Å². The zero-order valence-electron chi connectivity index (χ0n) is 13.0. The highest BCUT2D eigenvalue weighted by molar-refractivity contribution is 9.10. The lowest BCUT2D eigenvalue weighted by molar-refractivity contribution is -0.131. The van der Waals surface area contributed by atoms with Gasteiger partial charge in [0.05, 0.1) is 5.69 Å². The number of halogens is 1. The third-order valence-electron chi connectivity index (χ3n) is 3.87. The van der Waals surface area contributed by atoms with Crippen LogP contribution in [0.25, 0.3) is 6.08 Å². The predicted octanol–water partition coefficient (Wildman–Crippen LogP) is 3.94. The second kappa shape index (κ2) is 8.94. The molecule has 1 amide bonds. The van der Waals surface area contributed by atoms with E-state index in [2.05, 4.69) is 26.6 Å².